The lowest BCUT2D eigenvalue weighted by Crippen LogP contribution is -2.23. The zero-order valence-electron chi connectivity index (χ0n) is 19.4. The molecule has 0 radical (unpaired) electrons. The number of aromatic hydroxyl groups is 2. The maximum absolute atomic E-state index is 15.2. The molecule has 0 saturated heterocycles. The highest BCUT2D eigenvalue weighted by Crippen LogP contribution is 2.42. The molecule has 0 heterocycles. The van der Waals surface area contributed by atoms with Crippen LogP contribution in [-0.2, 0) is 12.2 Å². The Kier molecular flexibility index (Phi) is 5.82. The van der Waals surface area contributed by atoms with E-state index in [0.29, 0.717) is 0 Å². The Morgan fingerprint density at radius 3 is 1.51 bits per heavy atom. The molecule has 0 aliphatic rings. The lowest BCUT2D eigenvalue weighted by molar-refractivity contribution is -0.187. The van der Waals surface area contributed by atoms with Gasteiger partial charge in [0.15, 0.2) is 0 Å². The van der Waals surface area contributed by atoms with Crippen molar-refractivity contribution < 1.29 is 37.2 Å². The number of fused-ring (bicyclic) bond motifs is 2. The minimum absolute atomic E-state index is 0.116. The van der Waals surface area contributed by atoms with Crippen LogP contribution in [0.2, 0.25) is 0 Å². The molecule has 5 aromatic carbocycles. The van der Waals surface area contributed by atoms with Crippen LogP contribution in [0.5, 0.6) is 23.0 Å². The van der Waals surface area contributed by atoms with Crippen molar-refractivity contribution in [2.24, 2.45) is 0 Å². The maximum Gasteiger partial charge on any atom is 0.427 e. The molecular weight excluding hydrogens is 488 g/mol. The summed E-state index contributed by atoms with van der Waals surface area (Å²) in [5, 5.41) is 20.7. The van der Waals surface area contributed by atoms with Crippen molar-refractivity contribution in [2.75, 3.05) is 0 Å². The molecule has 0 bridgehead atoms. The maximum atomic E-state index is 15.2. The number of hydrogen-bond acceptors (Lipinski definition) is 4. The summed E-state index contributed by atoms with van der Waals surface area (Å²) in [6.45, 7) is 1.43. The Labute approximate surface area is 208 Å². The molecule has 0 atom stereocenters. The van der Waals surface area contributed by atoms with Crippen molar-refractivity contribution in [3.05, 3.63) is 108 Å². The molecule has 4 nitrogen and oxygen atoms in total. The Morgan fingerprint density at radius 1 is 0.568 bits per heavy atom. The van der Waals surface area contributed by atoms with Gasteiger partial charge < -0.3 is 19.7 Å². The van der Waals surface area contributed by atoms with E-state index in [9.17, 15) is 10.2 Å². The zero-order valence-corrected chi connectivity index (χ0v) is 19.4. The van der Waals surface area contributed by atoms with Gasteiger partial charge in [-0.1, -0.05) is 48.5 Å². The van der Waals surface area contributed by atoms with Crippen LogP contribution in [0, 0.1) is 6.92 Å². The van der Waals surface area contributed by atoms with Gasteiger partial charge in [-0.2, -0.15) is 17.6 Å². The molecule has 0 aliphatic carbocycles. The number of aryl methyl sites for hydroxylation is 1. The SMILES string of the molecule is Cc1cc(OC(F)(F)c2ccc(O)c3ccccc23)ccc1OC(F)(F)c1ccc(O)c2ccccc12. The number of benzene rings is 5. The van der Waals surface area contributed by atoms with E-state index < -0.39 is 23.3 Å². The van der Waals surface area contributed by atoms with Crippen LogP contribution in [0.25, 0.3) is 21.5 Å². The highest BCUT2D eigenvalue weighted by atomic mass is 19.3. The highest BCUT2D eigenvalue weighted by molar-refractivity contribution is 5.92. The third-order valence-electron chi connectivity index (χ3n) is 6.06. The van der Waals surface area contributed by atoms with Gasteiger partial charge in [0.25, 0.3) is 0 Å². The van der Waals surface area contributed by atoms with E-state index in [1.54, 1.807) is 24.3 Å². The number of phenolic OH excluding ortho intramolecular Hbond substituents is 2. The van der Waals surface area contributed by atoms with Crippen LogP contribution in [0.4, 0.5) is 17.6 Å². The van der Waals surface area contributed by atoms with E-state index in [0.717, 1.165) is 36.4 Å². The van der Waals surface area contributed by atoms with Gasteiger partial charge in [0.05, 0.1) is 11.1 Å². The topological polar surface area (TPSA) is 58.9 Å². The Balaban J connectivity index is 1.43. The summed E-state index contributed by atoms with van der Waals surface area (Å²) in [6.07, 6.45) is -7.56. The van der Waals surface area contributed by atoms with Crippen molar-refractivity contribution in [1.82, 2.24) is 0 Å². The van der Waals surface area contributed by atoms with Crippen molar-refractivity contribution in [3.8, 4) is 23.0 Å². The molecule has 0 amide bonds. The molecule has 188 valence electrons. The van der Waals surface area contributed by atoms with E-state index in [1.807, 2.05) is 0 Å². The van der Waals surface area contributed by atoms with Crippen LogP contribution >= 0.6 is 0 Å². The summed E-state index contributed by atoms with van der Waals surface area (Å²) in [7, 11) is 0. The molecule has 0 aliphatic heterocycles. The molecule has 0 saturated carbocycles. The molecule has 0 spiro atoms. The second-order valence-electron chi connectivity index (χ2n) is 8.52. The molecular formula is C29H20F4O4. The normalized spacial score (nSPS) is 12.1. The molecule has 0 aromatic heterocycles. The van der Waals surface area contributed by atoms with Crippen molar-refractivity contribution in [2.45, 2.75) is 19.1 Å². The average molecular weight is 508 g/mol. The zero-order chi connectivity index (χ0) is 26.4. The molecule has 0 fully saturated rings. The molecule has 0 unspecified atom stereocenters. The minimum atomic E-state index is -3.78. The number of rotatable bonds is 6. The fourth-order valence-corrected chi connectivity index (χ4v) is 4.27. The van der Waals surface area contributed by atoms with Crippen LogP contribution in [0.3, 0.4) is 0 Å². The number of alkyl halides is 4. The van der Waals surface area contributed by atoms with Gasteiger partial charge in [0.1, 0.15) is 23.0 Å². The third kappa shape index (κ3) is 4.46. The second-order valence-corrected chi connectivity index (χ2v) is 8.52. The second kappa shape index (κ2) is 8.89. The lowest BCUT2D eigenvalue weighted by Gasteiger charge is -2.23. The summed E-state index contributed by atoms with van der Waals surface area (Å²) in [5.74, 6) is -0.775. The first-order valence-corrected chi connectivity index (χ1v) is 11.2. The summed E-state index contributed by atoms with van der Waals surface area (Å²) < 4.78 is 70.6. The summed E-state index contributed by atoms with van der Waals surface area (Å²) >= 11 is 0. The predicted octanol–water partition coefficient (Wildman–Crippen LogP) is 7.97. The summed E-state index contributed by atoms with van der Waals surface area (Å²) in [4.78, 5) is 0. The predicted molar refractivity (Wildman–Crippen MR) is 131 cm³/mol. The van der Waals surface area contributed by atoms with Crippen molar-refractivity contribution in [1.29, 1.82) is 0 Å². The van der Waals surface area contributed by atoms with Gasteiger partial charge in [0.2, 0.25) is 0 Å². The Hall–Kier alpha value is -4.46. The van der Waals surface area contributed by atoms with Gasteiger partial charge in [-0.25, -0.2) is 0 Å². The Morgan fingerprint density at radius 2 is 1.03 bits per heavy atom. The van der Waals surface area contributed by atoms with Gasteiger partial charge in [-0.15, -0.1) is 0 Å². The monoisotopic (exact) mass is 508 g/mol. The van der Waals surface area contributed by atoms with Gasteiger partial charge in [0, 0.05) is 10.8 Å². The highest BCUT2D eigenvalue weighted by Gasteiger charge is 2.38. The quantitative estimate of drug-likeness (QED) is 0.228. The van der Waals surface area contributed by atoms with E-state index in [1.165, 1.54) is 37.3 Å². The van der Waals surface area contributed by atoms with Gasteiger partial charge in [-0.05, 0) is 65.7 Å². The molecule has 2 N–H and O–H groups in total. The first-order chi connectivity index (χ1) is 17.6. The average Bonchev–Trinajstić information content (AvgIpc) is 2.86. The summed E-state index contributed by atoms with van der Waals surface area (Å²) in [5.41, 5.74) is -0.761. The third-order valence-corrected chi connectivity index (χ3v) is 6.06. The molecule has 37 heavy (non-hydrogen) atoms. The van der Waals surface area contributed by atoms with Crippen LogP contribution < -0.4 is 9.47 Å². The van der Waals surface area contributed by atoms with Gasteiger partial charge >= 0.3 is 12.2 Å². The number of phenols is 2. The number of hydrogen-bond donors (Lipinski definition) is 2. The molecule has 5 rings (SSSR count). The number of ether oxygens (including phenoxy) is 2. The van der Waals surface area contributed by atoms with E-state index in [4.69, 9.17) is 9.47 Å². The number of halogens is 4. The van der Waals surface area contributed by atoms with E-state index in [-0.39, 0.29) is 50.1 Å². The van der Waals surface area contributed by atoms with Crippen LogP contribution in [0.1, 0.15) is 16.7 Å². The molecule has 5 aromatic rings. The molecule has 8 heteroatoms. The van der Waals surface area contributed by atoms with Crippen molar-refractivity contribution in [3.63, 3.8) is 0 Å². The minimum Gasteiger partial charge on any atom is -0.507 e. The first-order valence-electron chi connectivity index (χ1n) is 11.2. The van der Waals surface area contributed by atoms with Crippen LogP contribution in [0.15, 0.2) is 91.0 Å². The van der Waals surface area contributed by atoms with Crippen LogP contribution in [-0.4, -0.2) is 10.2 Å². The van der Waals surface area contributed by atoms with Gasteiger partial charge in [-0.3, -0.25) is 0 Å². The smallest absolute Gasteiger partial charge is 0.427 e. The van der Waals surface area contributed by atoms with Crippen molar-refractivity contribution >= 4 is 21.5 Å². The summed E-state index contributed by atoms with van der Waals surface area (Å²) in [6, 6.07) is 20.2. The fraction of sp³-hybridized carbons (Fsp3) is 0.103. The fourth-order valence-electron chi connectivity index (χ4n) is 4.27. The standard InChI is InChI=1S/C29H20F4O4/c1-17-16-18(36-28(30,31)23-11-13-25(34)21-8-4-2-6-19(21)23)10-15-27(17)37-29(32,33)24-12-14-26(35)22-9-5-3-7-20(22)24/h2-16,34-35H,1H3. The Bertz CT molecular complexity index is 1630. The lowest BCUT2D eigenvalue weighted by atomic mass is 10.0. The first kappa shape index (κ1) is 24.2. The van der Waals surface area contributed by atoms with E-state index >= 15 is 17.6 Å². The van der Waals surface area contributed by atoms with E-state index in [2.05, 4.69) is 0 Å². The largest absolute Gasteiger partial charge is 0.507 e.